The maximum Gasteiger partial charge on any atom is 0.325 e. The van der Waals surface area contributed by atoms with Crippen LogP contribution in [0, 0.1) is 5.92 Å². The Morgan fingerprint density at radius 3 is 2.78 bits per heavy atom. The summed E-state index contributed by atoms with van der Waals surface area (Å²) in [6, 6.07) is 6.44. The number of rotatable bonds is 6. The summed E-state index contributed by atoms with van der Waals surface area (Å²) >= 11 is 0.631. The number of para-hydroxylation sites is 2. The van der Waals surface area contributed by atoms with Crippen molar-refractivity contribution in [1.82, 2.24) is 10.2 Å². The summed E-state index contributed by atoms with van der Waals surface area (Å²) in [5.74, 6) is 1.16. The monoisotopic (exact) mass is 340 g/mol. The molecule has 0 radical (unpaired) electrons. The number of nitrogens with zero attached hydrogens (tertiary/aromatic N) is 2. The topological polar surface area (TPSA) is 76.1 Å². The number of anilines is 2. The lowest BCUT2D eigenvalue weighted by Crippen LogP contribution is -2.20. The van der Waals surface area contributed by atoms with Gasteiger partial charge < -0.3 is 10.1 Å². The summed E-state index contributed by atoms with van der Waals surface area (Å²) in [7, 11) is 0. The van der Waals surface area contributed by atoms with Gasteiger partial charge in [-0.1, -0.05) is 23.5 Å². The van der Waals surface area contributed by atoms with Gasteiger partial charge in [0.2, 0.25) is 5.13 Å². The fourth-order valence-corrected chi connectivity index (χ4v) is 2.41. The first-order valence-electron chi connectivity index (χ1n) is 7.03. The van der Waals surface area contributed by atoms with Crippen LogP contribution in [0.3, 0.4) is 0 Å². The molecular weight excluding hydrogens is 326 g/mol. The number of alkyl halides is 2. The highest BCUT2D eigenvalue weighted by Crippen LogP contribution is 2.32. The average molecular weight is 340 g/mol. The normalized spacial score (nSPS) is 13.9. The maximum absolute atomic E-state index is 12.4. The molecule has 2 N–H and O–H groups in total. The van der Waals surface area contributed by atoms with Gasteiger partial charge in [0.15, 0.2) is 5.01 Å². The molecule has 1 heterocycles. The number of hydrogen-bond donors (Lipinski definition) is 2. The third kappa shape index (κ3) is 4.35. The minimum absolute atomic E-state index is 0.00850. The number of amides is 2. The van der Waals surface area contributed by atoms with E-state index in [1.807, 2.05) is 6.07 Å². The van der Waals surface area contributed by atoms with Crippen LogP contribution in [0.15, 0.2) is 24.3 Å². The van der Waals surface area contributed by atoms with Crippen molar-refractivity contribution in [3.8, 4) is 5.75 Å². The quantitative estimate of drug-likeness (QED) is 0.836. The number of ether oxygens (including phenoxy) is 1. The standard InChI is InChI=1S/C14H14F2N4O2S/c15-11(16)12-19-20-14(23-12)18-13(21)17-9-3-1-2-4-10(9)22-7-8-5-6-8/h1-4,8,11H,5-7H2,(H2,17,18,20,21). The summed E-state index contributed by atoms with van der Waals surface area (Å²) in [5.41, 5.74) is 0.504. The molecule has 1 aliphatic rings. The van der Waals surface area contributed by atoms with Crippen LogP contribution in [-0.2, 0) is 0 Å². The van der Waals surface area contributed by atoms with Crippen LogP contribution in [-0.4, -0.2) is 22.8 Å². The van der Waals surface area contributed by atoms with Crippen LogP contribution in [0.2, 0.25) is 0 Å². The number of carbonyl (C=O) groups is 1. The van der Waals surface area contributed by atoms with Crippen molar-refractivity contribution in [2.75, 3.05) is 17.2 Å². The van der Waals surface area contributed by atoms with Crippen LogP contribution >= 0.6 is 11.3 Å². The van der Waals surface area contributed by atoms with Gasteiger partial charge in [0.1, 0.15) is 5.75 Å². The van der Waals surface area contributed by atoms with Crippen LogP contribution in [0.5, 0.6) is 5.75 Å². The van der Waals surface area contributed by atoms with Crippen molar-refractivity contribution in [2.45, 2.75) is 19.3 Å². The van der Waals surface area contributed by atoms with Gasteiger partial charge in [0.05, 0.1) is 12.3 Å². The predicted octanol–water partition coefficient (Wildman–Crippen LogP) is 3.91. The number of carbonyl (C=O) groups excluding carboxylic acids is 1. The summed E-state index contributed by atoms with van der Waals surface area (Å²) in [6.07, 6.45) is -0.373. The average Bonchev–Trinajstić information content (AvgIpc) is 3.23. The highest BCUT2D eigenvalue weighted by atomic mass is 32.1. The van der Waals surface area contributed by atoms with Crippen molar-refractivity contribution in [3.05, 3.63) is 29.3 Å². The molecule has 1 aliphatic carbocycles. The Bertz CT molecular complexity index is 691. The third-order valence-corrected chi connectivity index (χ3v) is 4.00. The SMILES string of the molecule is O=C(Nc1nnc(C(F)F)s1)Nc1ccccc1OCC1CC1. The van der Waals surface area contributed by atoms with Crippen LogP contribution in [0.25, 0.3) is 0 Å². The molecule has 0 aliphatic heterocycles. The number of aromatic nitrogens is 2. The van der Waals surface area contributed by atoms with Gasteiger partial charge >= 0.3 is 6.03 Å². The fraction of sp³-hybridized carbons (Fsp3) is 0.357. The zero-order chi connectivity index (χ0) is 16.2. The van der Waals surface area contributed by atoms with Crippen molar-refractivity contribution in [1.29, 1.82) is 0 Å². The van der Waals surface area contributed by atoms with E-state index in [1.165, 1.54) is 12.8 Å². The highest BCUT2D eigenvalue weighted by Gasteiger charge is 2.22. The van der Waals surface area contributed by atoms with Gasteiger partial charge in [-0.15, -0.1) is 10.2 Å². The van der Waals surface area contributed by atoms with E-state index in [9.17, 15) is 13.6 Å². The van der Waals surface area contributed by atoms with Gasteiger partial charge in [-0.25, -0.2) is 13.6 Å². The van der Waals surface area contributed by atoms with E-state index in [-0.39, 0.29) is 5.13 Å². The van der Waals surface area contributed by atoms with E-state index in [0.29, 0.717) is 35.3 Å². The third-order valence-electron chi connectivity index (χ3n) is 3.15. The lowest BCUT2D eigenvalue weighted by Gasteiger charge is -2.12. The molecule has 1 fully saturated rings. The molecule has 1 aromatic carbocycles. The molecule has 1 aromatic heterocycles. The first-order chi connectivity index (χ1) is 11.1. The molecule has 0 bridgehead atoms. The van der Waals surface area contributed by atoms with Crippen molar-refractivity contribution in [2.24, 2.45) is 5.92 Å². The molecule has 0 spiro atoms. The Kier molecular flexibility index (Phi) is 4.65. The number of hydrogen-bond acceptors (Lipinski definition) is 5. The Morgan fingerprint density at radius 2 is 2.09 bits per heavy atom. The van der Waals surface area contributed by atoms with Gasteiger partial charge in [0, 0.05) is 0 Å². The Morgan fingerprint density at radius 1 is 1.30 bits per heavy atom. The summed E-state index contributed by atoms with van der Waals surface area (Å²) in [6.45, 7) is 0.620. The minimum atomic E-state index is -2.71. The van der Waals surface area contributed by atoms with E-state index < -0.39 is 17.5 Å². The van der Waals surface area contributed by atoms with Crippen LogP contribution in [0.1, 0.15) is 24.3 Å². The second kappa shape index (κ2) is 6.86. The second-order valence-corrected chi connectivity index (χ2v) is 6.08. The zero-order valence-corrected chi connectivity index (χ0v) is 12.8. The Hall–Kier alpha value is -2.29. The first kappa shape index (κ1) is 15.6. The smallest absolute Gasteiger partial charge is 0.325 e. The van der Waals surface area contributed by atoms with E-state index in [2.05, 4.69) is 20.8 Å². The van der Waals surface area contributed by atoms with E-state index in [1.54, 1.807) is 18.2 Å². The highest BCUT2D eigenvalue weighted by molar-refractivity contribution is 7.15. The molecule has 2 aromatic rings. The molecule has 1 saturated carbocycles. The largest absolute Gasteiger partial charge is 0.491 e. The van der Waals surface area contributed by atoms with Crippen molar-refractivity contribution < 1.29 is 18.3 Å². The van der Waals surface area contributed by atoms with E-state index in [0.717, 1.165) is 0 Å². The molecular formula is C14H14F2N4O2S. The van der Waals surface area contributed by atoms with Gasteiger partial charge in [0.25, 0.3) is 6.43 Å². The molecule has 3 rings (SSSR count). The van der Waals surface area contributed by atoms with E-state index in [4.69, 9.17) is 4.74 Å². The predicted molar refractivity (Wildman–Crippen MR) is 82.2 cm³/mol. The van der Waals surface area contributed by atoms with Crippen LogP contribution < -0.4 is 15.4 Å². The molecule has 6 nitrogen and oxygen atoms in total. The van der Waals surface area contributed by atoms with Gasteiger partial charge in [-0.2, -0.15) is 0 Å². The zero-order valence-electron chi connectivity index (χ0n) is 12.0. The number of nitrogens with one attached hydrogen (secondary N) is 2. The second-order valence-electron chi connectivity index (χ2n) is 5.08. The summed E-state index contributed by atoms with van der Waals surface area (Å²) in [4.78, 5) is 11.9. The molecule has 0 atom stereocenters. The summed E-state index contributed by atoms with van der Waals surface area (Å²) < 4.78 is 30.6. The maximum atomic E-state index is 12.4. The molecule has 23 heavy (non-hydrogen) atoms. The summed E-state index contributed by atoms with van der Waals surface area (Å²) in [5, 5.41) is 11.4. The molecule has 9 heteroatoms. The van der Waals surface area contributed by atoms with Crippen molar-refractivity contribution in [3.63, 3.8) is 0 Å². The first-order valence-corrected chi connectivity index (χ1v) is 7.85. The molecule has 0 unspecified atom stereocenters. The lowest BCUT2D eigenvalue weighted by atomic mass is 10.3. The molecule has 2 amide bonds. The number of benzene rings is 1. The Balaban J connectivity index is 1.60. The van der Waals surface area contributed by atoms with E-state index >= 15 is 0 Å². The van der Waals surface area contributed by atoms with Crippen molar-refractivity contribution >= 4 is 28.2 Å². The van der Waals surface area contributed by atoms with Crippen LogP contribution in [0.4, 0.5) is 24.4 Å². The number of urea groups is 1. The fourth-order valence-electron chi connectivity index (χ4n) is 1.81. The van der Waals surface area contributed by atoms with Gasteiger partial charge in [-0.05, 0) is 30.9 Å². The minimum Gasteiger partial charge on any atom is -0.491 e. The molecule has 122 valence electrons. The Labute approximate surface area is 134 Å². The molecule has 0 saturated heterocycles. The van der Waals surface area contributed by atoms with Gasteiger partial charge in [-0.3, -0.25) is 5.32 Å². The number of halogens is 2. The lowest BCUT2D eigenvalue weighted by molar-refractivity contribution is 0.150.